The molecule has 1 atom stereocenters. The number of aromatic nitrogens is 2. The largest absolute Gasteiger partial charge is 0.464 e. The summed E-state index contributed by atoms with van der Waals surface area (Å²) < 4.78 is 11.1. The third-order valence-corrected chi connectivity index (χ3v) is 6.80. The zero-order valence-electron chi connectivity index (χ0n) is 20.1. The van der Waals surface area contributed by atoms with Crippen molar-refractivity contribution in [1.29, 1.82) is 0 Å². The van der Waals surface area contributed by atoms with Crippen LogP contribution in [0.15, 0.2) is 51.2 Å². The van der Waals surface area contributed by atoms with Crippen LogP contribution in [0.5, 0.6) is 0 Å². The first-order valence-corrected chi connectivity index (χ1v) is 13.1. The fraction of sp³-hybridized carbons (Fsp3) is 0.360. The van der Waals surface area contributed by atoms with E-state index in [1.165, 1.54) is 16.3 Å². The van der Waals surface area contributed by atoms with Gasteiger partial charge in [-0.1, -0.05) is 19.9 Å². The second-order valence-corrected chi connectivity index (χ2v) is 10.5. The minimum atomic E-state index is -0.806. The Kier molecular flexibility index (Phi) is 7.94. The maximum atomic E-state index is 13.5. The van der Waals surface area contributed by atoms with E-state index in [0.717, 1.165) is 27.2 Å². The first-order valence-electron chi connectivity index (χ1n) is 11.3. The number of carbonyl (C=O) groups excluding carboxylic acids is 2. The standard InChI is InChI=1S/C25H28N4O4S2/c1-16(2)10-28(11-21-13-35-18(4)27-21)29(17(3)24(30)22-14-34-15-26-22)25(31)33-12-19-5-6-23-20(9-19)7-8-32-23/h5-9,13-17H,10-12H2,1-4H3. The highest BCUT2D eigenvalue weighted by Crippen LogP contribution is 2.21. The summed E-state index contributed by atoms with van der Waals surface area (Å²) in [6.07, 6.45) is 1.03. The summed E-state index contributed by atoms with van der Waals surface area (Å²) in [7, 11) is 0. The number of Topliss-reactive ketones (excluding diaryl/α,β-unsaturated/α-hetero) is 1. The average molecular weight is 513 g/mol. The van der Waals surface area contributed by atoms with E-state index in [1.54, 1.807) is 35.4 Å². The van der Waals surface area contributed by atoms with Crippen molar-refractivity contribution in [3.8, 4) is 0 Å². The van der Waals surface area contributed by atoms with Crippen molar-refractivity contribution in [3.05, 3.63) is 68.8 Å². The molecule has 35 heavy (non-hydrogen) atoms. The van der Waals surface area contributed by atoms with Crippen LogP contribution in [-0.2, 0) is 17.9 Å². The predicted molar refractivity (Wildman–Crippen MR) is 136 cm³/mol. The molecule has 4 rings (SSSR count). The Morgan fingerprint density at radius 1 is 1.17 bits per heavy atom. The van der Waals surface area contributed by atoms with E-state index in [4.69, 9.17) is 9.15 Å². The Bertz CT molecular complexity index is 1280. The molecule has 0 aliphatic carbocycles. The number of ketones is 1. The van der Waals surface area contributed by atoms with Gasteiger partial charge in [0.25, 0.3) is 0 Å². The summed E-state index contributed by atoms with van der Waals surface area (Å²) in [6.45, 7) is 8.78. The number of hydrogen-bond donors (Lipinski definition) is 0. The van der Waals surface area contributed by atoms with Crippen LogP contribution in [0.1, 0.15) is 47.5 Å². The molecule has 0 bridgehead atoms. The van der Waals surface area contributed by atoms with Crippen molar-refractivity contribution in [3.63, 3.8) is 0 Å². The highest BCUT2D eigenvalue weighted by molar-refractivity contribution is 7.09. The Hall–Kier alpha value is -3.08. The fourth-order valence-electron chi connectivity index (χ4n) is 3.81. The smallest absolute Gasteiger partial charge is 0.425 e. The number of nitrogens with zero attached hydrogens (tertiary/aromatic N) is 4. The lowest BCUT2D eigenvalue weighted by atomic mass is 10.1. The van der Waals surface area contributed by atoms with Crippen LogP contribution in [0.2, 0.25) is 0 Å². The molecule has 0 saturated carbocycles. The van der Waals surface area contributed by atoms with Gasteiger partial charge in [-0.3, -0.25) is 4.79 Å². The lowest BCUT2D eigenvalue weighted by Gasteiger charge is -2.38. The molecule has 8 nitrogen and oxygen atoms in total. The first kappa shape index (κ1) is 25.0. The molecule has 184 valence electrons. The Balaban J connectivity index is 1.59. The van der Waals surface area contributed by atoms with Gasteiger partial charge in [0.05, 0.1) is 29.0 Å². The highest BCUT2D eigenvalue weighted by Gasteiger charge is 2.34. The van der Waals surface area contributed by atoms with Crippen LogP contribution in [0.25, 0.3) is 11.0 Å². The van der Waals surface area contributed by atoms with E-state index in [2.05, 4.69) is 23.8 Å². The topological polar surface area (TPSA) is 88.8 Å². The quantitative estimate of drug-likeness (QED) is 0.192. The number of ether oxygens (including phenoxy) is 1. The van der Waals surface area contributed by atoms with E-state index < -0.39 is 12.1 Å². The molecule has 0 aliphatic rings. The second-order valence-electron chi connectivity index (χ2n) is 8.70. The van der Waals surface area contributed by atoms with Crippen LogP contribution < -0.4 is 0 Å². The van der Waals surface area contributed by atoms with Gasteiger partial charge in [-0.2, -0.15) is 0 Å². The zero-order valence-corrected chi connectivity index (χ0v) is 21.8. The Labute approximate surface area is 212 Å². The molecule has 0 N–H and O–H groups in total. The number of thiazole rings is 2. The monoisotopic (exact) mass is 512 g/mol. The normalized spacial score (nSPS) is 12.4. The fourth-order valence-corrected chi connectivity index (χ4v) is 4.96. The molecule has 0 saturated heterocycles. The van der Waals surface area contributed by atoms with E-state index in [-0.39, 0.29) is 18.3 Å². The molecule has 0 radical (unpaired) electrons. The van der Waals surface area contributed by atoms with Crippen LogP contribution in [-0.4, -0.2) is 44.4 Å². The predicted octanol–water partition coefficient (Wildman–Crippen LogP) is 5.94. The van der Waals surface area contributed by atoms with Gasteiger partial charge < -0.3 is 9.15 Å². The van der Waals surface area contributed by atoms with Gasteiger partial charge in [0.15, 0.2) is 0 Å². The summed E-state index contributed by atoms with van der Waals surface area (Å²) in [5.74, 6) is -0.0127. The number of amides is 1. The zero-order chi connectivity index (χ0) is 24.9. The molecule has 1 amide bonds. The van der Waals surface area contributed by atoms with Crippen molar-refractivity contribution < 1.29 is 18.7 Å². The van der Waals surface area contributed by atoms with Crippen molar-refractivity contribution in [2.75, 3.05) is 6.54 Å². The first-order chi connectivity index (χ1) is 16.8. The third kappa shape index (κ3) is 6.14. The molecule has 10 heteroatoms. The Morgan fingerprint density at radius 3 is 2.69 bits per heavy atom. The number of hydrazine groups is 1. The van der Waals surface area contributed by atoms with Crippen molar-refractivity contribution in [2.24, 2.45) is 5.92 Å². The number of rotatable bonds is 10. The van der Waals surface area contributed by atoms with Gasteiger partial charge in [0.1, 0.15) is 23.9 Å². The van der Waals surface area contributed by atoms with E-state index >= 15 is 0 Å². The number of carbonyl (C=O) groups is 2. The molecule has 0 spiro atoms. The van der Waals surface area contributed by atoms with Gasteiger partial charge in [-0.15, -0.1) is 22.7 Å². The minimum absolute atomic E-state index is 0.0688. The highest BCUT2D eigenvalue weighted by atomic mass is 32.1. The maximum Gasteiger partial charge on any atom is 0.425 e. The van der Waals surface area contributed by atoms with Gasteiger partial charge in [0.2, 0.25) is 5.78 Å². The number of aryl methyl sites for hydroxylation is 1. The molecule has 3 heterocycles. The summed E-state index contributed by atoms with van der Waals surface area (Å²) in [5, 5.41) is 8.82. The lowest BCUT2D eigenvalue weighted by Crippen LogP contribution is -2.54. The van der Waals surface area contributed by atoms with Gasteiger partial charge in [0, 0.05) is 22.7 Å². The average Bonchev–Trinajstić information content (AvgIpc) is 3.58. The summed E-state index contributed by atoms with van der Waals surface area (Å²) in [4.78, 5) is 35.5. The van der Waals surface area contributed by atoms with E-state index in [0.29, 0.717) is 18.8 Å². The van der Waals surface area contributed by atoms with Crippen LogP contribution in [0.4, 0.5) is 4.79 Å². The molecule has 0 aliphatic heterocycles. The summed E-state index contributed by atoms with van der Waals surface area (Å²) in [6, 6.07) is 6.68. The SMILES string of the molecule is Cc1nc(CN(CC(C)C)N(C(=O)OCc2ccc3occc3c2)C(C)C(=O)c2cscn2)cs1. The van der Waals surface area contributed by atoms with Crippen molar-refractivity contribution in [1.82, 2.24) is 20.0 Å². The lowest BCUT2D eigenvalue weighted by molar-refractivity contribution is -0.0545. The second kappa shape index (κ2) is 11.1. The molecular weight excluding hydrogens is 484 g/mol. The Morgan fingerprint density at radius 2 is 2.00 bits per heavy atom. The van der Waals surface area contributed by atoms with Crippen LogP contribution >= 0.6 is 22.7 Å². The van der Waals surface area contributed by atoms with Crippen molar-refractivity contribution in [2.45, 2.75) is 46.9 Å². The van der Waals surface area contributed by atoms with E-state index in [1.807, 2.05) is 41.6 Å². The van der Waals surface area contributed by atoms with Crippen LogP contribution in [0, 0.1) is 12.8 Å². The third-order valence-electron chi connectivity index (χ3n) is 5.39. The van der Waals surface area contributed by atoms with Crippen LogP contribution in [0.3, 0.4) is 0 Å². The molecular formula is C25H28N4O4S2. The molecule has 3 aromatic heterocycles. The van der Waals surface area contributed by atoms with Gasteiger partial charge >= 0.3 is 6.09 Å². The van der Waals surface area contributed by atoms with E-state index in [9.17, 15) is 9.59 Å². The number of furan rings is 1. The summed E-state index contributed by atoms with van der Waals surface area (Å²) >= 11 is 2.89. The molecule has 0 fully saturated rings. The van der Waals surface area contributed by atoms with Gasteiger partial charge in [-0.05, 0) is 43.5 Å². The number of hydrogen-bond acceptors (Lipinski definition) is 9. The molecule has 1 unspecified atom stereocenters. The maximum absolute atomic E-state index is 13.5. The molecule has 1 aromatic carbocycles. The number of benzene rings is 1. The van der Waals surface area contributed by atoms with Crippen molar-refractivity contribution >= 4 is 45.5 Å². The molecule has 4 aromatic rings. The number of fused-ring (bicyclic) bond motifs is 1. The van der Waals surface area contributed by atoms with Gasteiger partial charge in [-0.25, -0.2) is 24.8 Å². The summed E-state index contributed by atoms with van der Waals surface area (Å²) in [5.41, 5.74) is 4.38. The minimum Gasteiger partial charge on any atom is -0.464 e.